The molecule has 1 aliphatic rings. The van der Waals surface area contributed by atoms with Gasteiger partial charge in [-0.15, -0.1) is 0 Å². The predicted molar refractivity (Wildman–Crippen MR) is 91.3 cm³/mol. The normalized spacial score (nSPS) is 16.8. The molecule has 25 heavy (non-hydrogen) atoms. The van der Waals surface area contributed by atoms with Crippen LogP contribution in [-0.2, 0) is 6.54 Å². The van der Waals surface area contributed by atoms with E-state index in [2.05, 4.69) is 15.3 Å². The van der Waals surface area contributed by atoms with Crippen LogP contribution in [0.1, 0.15) is 34.2 Å². The molecule has 2 amide bonds. The van der Waals surface area contributed by atoms with Gasteiger partial charge < -0.3 is 19.8 Å². The van der Waals surface area contributed by atoms with Gasteiger partial charge in [-0.3, -0.25) is 14.4 Å². The van der Waals surface area contributed by atoms with Crippen LogP contribution < -0.4 is 10.9 Å². The standard InChI is InChI=1S/C17H21N5O3/c1-2-21-10-14(20-11-21)17(25)22-6-4-12(9-22)8-19-16(24)13-3-5-18-15(23)7-13/h3,5,7,10-12H,2,4,6,8-9H2,1H3,(H,18,23)(H,19,24)/t12-/m1/s1. The molecule has 2 aromatic heterocycles. The monoisotopic (exact) mass is 343 g/mol. The van der Waals surface area contributed by atoms with Crippen LogP contribution in [0.4, 0.5) is 0 Å². The molecule has 1 saturated heterocycles. The zero-order chi connectivity index (χ0) is 17.8. The summed E-state index contributed by atoms with van der Waals surface area (Å²) in [5.41, 5.74) is 0.478. The molecule has 0 saturated carbocycles. The van der Waals surface area contributed by atoms with Gasteiger partial charge in [-0.1, -0.05) is 0 Å². The highest BCUT2D eigenvalue weighted by Crippen LogP contribution is 2.17. The largest absolute Gasteiger partial charge is 0.352 e. The third kappa shape index (κ3) is 3.96. The highest BCUT2D eigenvalue weighted by Gasteiger charge is 2.28. The van der Waals surface area contributed by atoms with Crippen LogP contribution in [0.25, 0.3) is 0 Å². The van der Waals surface area contributed by atoms with Crippen LogP contribution in [0.15, 0.2) is 35.6 Å². The van der Waals surface area contributed by atoms with E-state index in [1.54, 1.807) is 23.5 Å². The summed E-state index contributed by atoms with van der Waals surface area (Å²) in [5.74, 6) is -0.156. The minimum Gasteiger partial charge on any atom is -0.352 e. The molecular formula is C17H21N5O3. The van der Waals surface area contributed by atoms with Gasteiger partial charge in [-0.2, -0.15) is 0 Å². The average Bonchev–Trinajstić information content (AvgIpc) is 3.28. The van der Waals surface area contributed by atoms with Gasteiger partial charge in [-0.05, 0) is 25.3 Å². The Bertz CT molecular complexity index is 825. The number of nitrogens with zero attached hydrogens (tertiary/aromatic N) is 3. The highest BCUT2D eigenvalue weighted by molar-refractivity contribution is 5.94. The van der Waals surface area contributed by atoms with Gasteiger partial charge in [0.25, 0.3) is 11.8 Å². The summed E-state index contributed by atoms with van der Waals surface area (Å²) in [4.78, 5) is 44.2. The summed E-state index contributed by atoms with van der Waals surface area (Å²) >= 11 is 0. The number of aromatic nitrogens is 3. The number of aromatic amines is 1. The fourth-order valence-corrected chi connectivity index (χ4v) is 2.91. The summed E-state index contributed by atoms with van der Waals surface area (Å²) in [6.07, 6.45) is 5.69. The number of amides is 2. The molecule has 0 spiro atoms. The molecule has 1 atom stereocenters. The van der Waals surface area contributed by atoms with Crippen molar-refractivity contribution >= 4 is 11.8 Å². The van der Waals surface area contributed by atoms with Crippen LogP contribution in [0.5, 0.6) is 0 Å². The third-order valence-corrected chi connectivity index (χ3v) is 4.38. The van der Waals surface area contributed by atoms with Gasteiger partial charge in [0.15, 0.2) is 0 Å². The lowest BCUT2D eigenvalue weighted by molar-refractivity contribution is 0.0782. The third-order valence-electron chi connectivity index (χ3n) is 4.38. The Balaban J connectivity index is 1.52. The summed E-state index contributed by atoms with van der Waals surface area (Å²) in [6, 6.07) is 2.83. The molecular weight excluding hydrogens is 322 g/mol. The van der Waals surface area contributed by atoms with E-state index in [4.69, 9.17) is 0 Å². The van der Waals surface area contributed by atoms with Gasteiger partial charge in [-0.25, -0.2) is 4.98 Å². The smallest absolute Gasteiger partial charge is 0.274 e. The first kappa shape index (κ1) is 16.9. The van der Waals surface area contributed by atoms with Crippen molar-refractivity contribution in [3.8, 4) is 0 Å². The van der Waals surface area contributed by atoms with E-state index in [-0.39, 0.29) is 23.3 Å². The molecule has 2 N–H and O–H groups in total. The van der Waals surface area contributed by atoms with Crippen LogP contribution in [0.3, 0.4) is 0 Å². The molecule has 1 aliphatic heterocycles. The second-order valence-corrected chi connectivity index (χ2v) is 6.15. The minimum atomic E-state index is -0.309. The van der Waals surface area contributed by atoms with E-state index in [9.17, 15) is 14.4 Å². The Morgan fingerprint density at radius 2 is 2.28 bits per heavy atom. The molecule has 0 bridgehead atoms. The molecule has 8 heteroatoms. The van der Waals surface area contributed by atoms with Crippen molar-refractivity contribution < 1.29 is 9.59 Å². The van der Waals surface area contributed by atoms with E-state index in [1.165, 1.54) is 12.3 Å². The lowest BCUT2D eigenvalue weighted by Gasteiger charge is -2.15. The number of nitrogens with one attached hydrogen (secondary N) is 2. The Morgan fingerprint density at radius 1 is 1.44 bits per heavy atom. The average molecular weight is 343 g/mol. The number of hydrogen-bond donors (Lipinski definition) is 2. The molecule has 1 fully saturated rings. The predicted octanol–water partition coefficient (Wildman–Crippen LogP) is 0.483. The summed E-state index contributed by atoms with van der Waals surface area (Å²) in [7, 11) is 0. The van der Waals surface area contributed by atoms with Gasteiger partial charge >= 0.3 is 0 Å². The first-order valence-electron chi connectivity index (χ1n) is 8.34. The molecule has 0 aliphatic carbocycles. The van der Waals surface area contributed by atoms with E-state index < -0.39 is 0 Å². The molecule has 0 aromatic carbocycles. The van der Waals surface area contributed by atoms with Crippen molar-refractivity contribution in [3.63, 3.8) is 0 Å². The molecule has 2 aromatic rings. The number of aryl methyl sites for hydroxylation is 1. The molecule has 132 valence electrons. The molecule has 0 radical (unpaired) electrons. The van der Waals surface area contributed by atoms with Crippen molar-refractivity contribution in [1.82, 2.24) is 24.8 Å². The van der Waals surface area contributed by atoms with Crippen molar-refractivity contribution in [3.05, 3.63) is 52.5 Å². The summed E-state index contributed by atoms with van der Waals surface area (Å²) in [5, 5.41) is 2.83. The fraction of sp³-hybridized carbons (Fsp3) is 0.412. The maximum absolute atomic E-state index is 12.4. The number of rotatable bonds is 5. The SMILES string of the molecule is CCn1cnc(C(=O)N2CC[C@H](CNC(=O)c3cc[nH]c(=O)c3)C2)c1. The molecule has 8 nitrogen and oxygen atoms in total. The van der Waals surface area contributed by atoms with Crippen molar-refractivity contribution in [2.24, 2.45) is 5.92 Å². The number of imidazole rings is 1. The first-order valence-corrected chi connectivity index (χ1v) is 8.34. The summed E-state index contributed by atoms with van der Waals surface area (Å²) in [6.45, 7) is 4.48. The Labute approximate surface area is 144 Å². The second-order valence-electron chi connectivity index (χ2n) is 6.15. The summed E-state index contributed by atoms with van der Waals surface area (Å²) < 4.78 is 1.86. The number of carbonyl (C=O) groups excluding carboxylic acids is 2. The lowest BCUT2D eigenvalue weighted by atomic mass is 10.1. The van der Waals surface area contributed by atoms with Crippen LogP contribution >= 0.6 is 0 Å². The van der Waals surface area contributed by atoms with Crippen molar-refractivity contribution in [1.29, 1.82) is 0 Å². The van der Waals surface area contributed by atoms with Gasteiger partial charge in [0.1, 0.15) is 5.69 Å². The second kappa shape index (κ2) is 7.33. The highest BCUT2D eigenvalue weighted by atomic mass is 16.2. The number of carbonyl (C=O) groups is 2. The van der Waals surface area contributed by atoms with Crippen LogP contribution in [-0.4, -0.2) is 50.9 Å². The maximum atomic E-state index is 12.4. The zero-order valence-electron chi connectivity index (χ0n) is 14.1. The maximum Gasteiger partial charge on any atom is 0.274 e. The van der Waals surface area contributed by atoms with Crippen LogP contribution in [0, 0.1) is 5.92 Å². The van der Waals surface area contributed by atoms with E-state index in [0.29, 0.717) is 30.9 Å². The minimum absolute atomic E-state index is 0.0735. The first-order chi connectivity index (χ1) is 12.1. The van der Waals surface area contributed by atoms with Crippen LogP contribution in [0.2, 0.25) is 0 Å². The Morgan fingerprint density at radius 3 is 3.00 bits per heavy atom. The quantitative estimate of drug-likeness (QED) is 0.825. The topological polar surface area (TPSA) is 100 Å². The molecule has 3 heterocycles. The van der Waals surface area contributed by atoms with Gasteiger partial charge in [0.2, 0.25) is 5.56 Å². The lowest BCUT2D eigenvalue weighted by Crippen LogP contribution is -2.33. The van der Waals surface area contributed by atoms with E-state index in [0.717, 1.165) is 13.0 Å². The van der Waals surface area contributed by atoms with Gasteiger partial charge in [0, 0.05) is 50.2 Å². The Kier molecular flexibility index (Phi) is 4.97. The van der Waals surface area contributed by atoms with E-state index in [1.807, 2.05) is 11.5 Å². The zero-order valence-corrected chi connectivity index (χ0v) is 14.1. The Hall–Kier alpha value is -2.90. The number of H-pyrrole nitrogens is 1. The van der Waals surface area contributed by atoms with Gasteiger partial charge in [0.05, 0.1) is 6.33 Å². The number of likely N-dealkylation sites (tertiary alicyclic amines) is 1. The fourth-order valence-electron chi connectivity index (χ4n) is 2.91. The molecule has 3 rings (SSSR count). The number of hydrogen-bond acceptors (Lipinski definition) is 4. The van der Waals surface area contributed by atoms with Crippen molar-refractivity contribution in [2.75, 3.05) is 19.6 Å². The number of pyridine rings is 1. The van der Waals surface area contributed by atoms with Crippen molar-refractivity contribution in [2.45, 2.75) is 19.9 Å². The molecule has 0 unspecified atom stereocenters. The van der Waals surface area contributed by atoms with E-state index >= 15 is 0 Å².